The molecular formula is C23H22ClN7O3. The van der Waals surface area contributed by atoms with E-state index in [-0.39, 0.29) is 11.7 Å². The van der Waals surface area contributed by atoms with Crippen LogP contribution in [0.4, 0.5) is 22.0 Å². The summed E-state index contributed by atoms with van der Waals surface area (Å²) in [5.74, 6) is -0.0518. The van der Waals surface area contributed by atoms with Crippen molar-refractivity contribution in [2.24, 2.45) is 0 Å². The maximum Gasteiger partial charge on any atom is 0.323 e. The lowest BCUT2D eigenvalue weighted by Gasteiger charge is -2.10. The zero-order valence-corrected chi connectivity index (χ0v) is 19.0. The summed E-state index contributed by atoms with van der Waals surface area (Å²) in [5.41, 5.74) is 9.44. The number of methoxy groups -OCH3 is 1. The number of benzene rings is 2. The number of nitrogens with two attached hydrogens (primary N) is 1. The van der Waals surface area contributed by atoms with E-state index < -0.39 is 6.03 Å². The number of hydrogen-bond acceptors (Lipinski definition) is 6. The number of anilines is 3. The van der Waals surface area contributed by atoms with Crippen LogP contribution in [0.3, 0.4) is 0 Å². The molecule has 0 spiro atoms. The summed E-state index contributed by atoms with van der Waals surface area (Å²) in [6, 6.07) is 13.4. The first-order valence-electron chi connectivity index (χ1n) is 10.3. The predicted molar refractivity (Wildman–Crippen MR) is 131 cm³/mol. The Labute approximate surface area is 200 Å². The maximum absolute atomic E-state index is 12.9. The van der Waals surface area contributed by atoms with Gasteiger partial charge in [-0.25, -0.2) is 14.3 Å². The first-order chi connectivity index (χ1) is 16.5. The second-order valence-electron chi connectivity index (χ2n) is 7.27. The van der Waals surface area contributed by atoms with E-state index in [0.717, 1.165) is 0 Å². The van der Waals surface area contributed by atoms with Crippen LogP contribution in [-0.4, -0.2) is 46.8 Å². The van der Waals surface area contributed by atoms with Crippen LogP contribution < -0.4 is 21.7 Å². The Morgan fingerprint density at radius 3 is 2.62 bits per heavy atom. The number of carbonyl (C=O) groups excluding carboxylic acids is 2. The zero-order valence-electron chi connectivity index (χ0n) is 18.2. The van der Waals surface area contributed by atoms with Gasteiger partial charge in [0.05, 0.1) is 12.2 Å². The van der Waals surface area contributed by atoms with Crippen molar-refractivity contribution in [1.82, 2.24) is 19.9 Å². The van der Waals surface area contributed by atoms with Crippen molar-refractivity contribution >= 4 is 46.2 Å². The van der Waals surface area contributed by atoms with Gasteiger partial charge in [0.15, 0.2) is 5.82 Å². The van der Waals surface area contributed by atoms with E-state index in [9.17, 15) is 9.59 Å². The number of rotatable bonds is 7. The molecule has 11 heteroatoms. The second kappa shape index (κ2) is 10.2. The zero-order chi connectivity index (χ0) is 24.1. The number of aromatic nitrogens is 3. The van der Waals surface area contributed by atoms with Crippen molar-refractivity contribution in [1.29, 1.82) is 0 Å². The van der Waals surface area contributed by atoms with Gasteiger partial charge in [-0.2, -0.15) is 5.10 Å². The van der Waals surface area contributed by atoms with Crippen molar-refractivity contribution in [2.75, 3.05) is 36.6 Å². The van der Waals surface area contributed by atoms with E-state index in [1.54, 1.807) is 61.8 Å². The highest BCUT2D eigenvalue weighted by atomic mass is 35.5. The largest absolute Gasteiger partial charge is 0.383 e. The lowest BCUT2D eigenvalue weighted by atomic mass is 10.0. The Bertz CT molecular complexity index is 1340. The fraction of sp³-hybridized carbons (Fsp3) is 0.130. The molecule has 0 saturated carbocycles. The van der Waals surface area contributed by atoms with Crippen LogP contribution in [0.2, 0.25) is 5.02 Å². The fourth-order valence-electron chi connectivity index (χ4n) is 3.44. The van der Waals surface area contributed by atoms with Crippen molar-refractivity contribution in [3.05, 3.63) is 71.6 Å². The minimum absolute atomic E-state index is 0.240. The van der Waals surface area contributed by atoms with Crippen molar-refractivity contribution in [3.8, 4) is 11.1 Å². The SMILES string of the molecule is COCCNC(=O)c1cn2ncnc(N)c2c1-c1ccc(NC(=O)Nc2cccc(Cl)c2)cc1. The molecule has 34 heavy (non-hydrogen) atoms. The summed E-state index contributed by atoms with van der Waals surface area (Å²) in [6.45, 7) is 0.737. The summed E-state index contributed by atoms with van der Waals surface area (Å²) in [5, 5.41) is 13.0. The van der Waals surface area contributed by atoms with Gasteiger partial charge in [0, 0.05) is 41.8 Å². The van der Waals surface area contributed by atoms with Crippen molar-refractivity contribution in [3.63, 3.8) is 0 Å². The molecule has 4 rings (SSSR count). The van der Waals surface area contributed by atoms with E-state index >= 15 is 0 Å². The number of ether oxygens (including phenoxy) is 1. The lowest BCUT2D eigenvalue weighted by molar-refractivity contribution is 0.0937. The monoisotopic (exact) mass is 479 g/mol. The van der Waals surface area contributed by atoms with Crippen molar-refractivity contribution in [2.45, 2.75) is 0 Å². The number of nitrogens with zero attached hydrogens (tertiary/aromatic N) is 3. The summed E-state index contributed by atoms with van der Waals surface area (Å²) in [6.07, 6.45) is 2.93. The van der Waals surface area contributed by atoms with E-state index in [0.29, 0.717) is 51.8 Å². The van der Waals surface area contributed by atoms with E-state index in [4.69, 9.17) is 22.1 Å². The number of fused-ring (bicyclic) bond motifs is 1. The number of amides is 3. The predicted octanol–water partition coefficient (Wildman–Crippen LogP) is 3.65. The van der Waals surface area contributed by atoms with Gasteiger partial charge < -0.3 is 26.4 Å². The molecule has 174 valence electrons. The molecule has 5 N–H and O–H groups in total. The number of hydrogen-bond donors (Lipinski definition) is 4. The van der Waals surface area contributed by atoms with Gasteiger partial charge in [-0.1, -0.05) is 29.8 Å². The first kappa shape index (κ1) is 23.0. The van der Waals surface area contributed by atoms with Crippen LogP contribution in [0.1, 0.15) is 10.4 Å². The third kappa shape index (κ3) is 5.08. The molecule has 2 aromatic carbocycles. The Hall–Kier alpha value is -4.15. The highest BCUT2D eigenvalue weighted by Crippen LogP contribution is 2.33. The van der Waals surface area contributed by atoms with Gasteiger partial charge in [0.2, 0.25) is 0 Å². The number of nitrogens with one attached hydrogen (secondary N) is 3. The lowest BCUT2D eigenvalue weighted by Crippen LogP contribution is -2.27. The smallest absolute Gasteiger partial charge is 0.323 e. The molecule has 0 aliphatic rings. The minimum atomic E-state index is -0.416. The number of carbonyl (C=O) groups is 2. The molecule has 2 heterocycles. The van der Waals surface area contributed by atoms with Crippen LogP contribution in [0.15, 0.2) is 61.1 Å². The normalized spacial score (nSPS) is 10.8. The minimum Gasteiger partial charge on any atom is -0.383 e. The molecule has 3 amide bonds. The second-order valence-corrected chi connectivity index (χ2v) is 7.71. The number of urea groups is 1. The molecular weight excluding hydrogens is 458 g/mol. The van der Waals surface area contributed by atoms with E-state index in [1.807, 2.05) is 0 Å². The number of halogens is 1. The summed E-state index contributed by atoms with van der Waals surface area (Å²) >= 11 is 5.95. The molecule has 0 saturated heterocycles. The molecule has 2 aromatic heterocycles. The Morgan fingerprint density at radius 1 is 1.12 bits per heavy atom. The molecule has 0 aliphatic heterocycles. The highest BCUT2D eigenvalue weighted by Gasteiger charge is 2.21. The van der Waals surface area contributed by atoms with Gasteiger partial charge in [0.1, 0.15) is 11.8 Å². The van der Waals surface area contributed by atoms with Gasteiger partial charge in [-0.15, -0.1) is 0 Å². The van der Waals surface area contributed by atoms with Crippen LogP contribution in [0.5, 0.6) is 0 Å². The third-order valence-corrected chi connectivity index (χ3v) is 5.19. The highest BCUT2D eigenvalue weighted by molar-refractivity contribution is 6.30. The van der Waals surface area contributed by atoms with E-state index in [1.165, 1.54) is 10.8 Å². The molecule has 0 unspecified atom stereocenters. The van der Waals surface area contributed by atoms with Gasteiger partial charge in [0.25, 0.3) is 5.91 Å². The number of nitrogen functional groups attached to an aromatic ring is 1. The summed E-state index contributed by atoms with van der Waals surface area (Å²) < 4.78 is 6.52. The topological polar surface area (TPSA) is 136 Å². The third-order valence-electron chi connectivity index (χ3n) is 4.95. The summed E-state index contributed by atoms with van der Waals surface area (Å²) in [4.78, 5) is 29.3. The van der Waals surface area contributed by atoms with Gasteiger partial charge in [-0.3, -0.25) is 4.79 Å². The maximum atomic E-state index is 12.9. The first-order valence-corrected chi connectivity index (χ1v) is 10.7. The molecule has 0 aliphatic carbocycles. The quantitative estimate of drug-likeness (QED) is 0.299. The Balaban J connectivity index is 1.59. The van der Waals surface area contributed by atoms with Gasteiger partial charge in [-0.05, 0) is 35.9 Å². The fourth-order valence-corrected chi connectivity index (χ4v) is 3.63. The average molecular weight is 480 g/mol. The average Bonchev–Trinajstić information content (AvgIpc) is 3.21. The van der Waals surface area contributed by atoms with E-state index in [2.05, 4.69) is 26.0 Å². The van der Waals surface area contributed by atoms with Crippen molar-refractivity contribution < 1.29 is 14.3 Å². The van der Waals surface area contributed by atoms with Crippen LogP contribution in [-0.2, 0) is 4.74 Å². The molecule has 4 aromatic rings. The Morgan fingerprint density at radius 2 is 1.88 bits per heavy atom. The Kier molecular flexibility index (Phi) is 6.90. The van der Waals surface area contributed by atoms with Crippen LogP contribution in [0, 0.1) is 0 Å². The summed E-state index contributed by atoms with van der Waals surface area (Å²) in [7, 11) is 1.56. The standard InChI is InChI=1S/C23H22ClN7O3/c1-34-10-9-26-22(32)18-12-31-20(21(25)27-13-28-31)19(18)14-5-7-16(8-6-14)29-23(33)30-17-4-2-3-15(24)11-17/h2-8,11-13H,9-10H2,1H3,(H,26,32)(H2,25,27,28)(H2,29,30,33). The molecule has 10 nitrogen and oxygen atoms in total. The van der Waals surface area contributed by atoms with Gasteiger partial charge >= 0.3 is 6.03 Å². The molecule has 0 atom stereocenters. The van der Waals surface area contributed by atoms with Crippen LogP contribution >= 0.6 is 11.6 Å². The molecule has 0 bridgehead atoms. The molecule has 0 fully saturated rings. The van der Waals surface area contributed by atoms with Crippen LogP contribution in [0.25, 0.3) is 16.6 Å². The molecule has 0 radical (unpaired) electrons.